The van der Waals surface area contributed by atoms with Gasteiger partial charge in [0.15, 0.2) is 0 Å². The molecule has 0 saturated carbocycles. The fourth-order valence-electron chi connectivity index (χ4n) is 1.77. The van der Waals surface area contributed by atoms with Crippen molar-refractivity contribution in [1.29, 1.82) is 0 Å². The van der Waals surface area contributed by atoms with Gasteiger partial charge in [-0.1, -0.05) is 6.92 Å². The minimum absolute atomic E-state index is 0.117. The SMILES string of the molecule is CCCN(CCCN)C(=O)c1cc(O)cc(O)c1. The molecule has 1 rings (SSSR count). The molecule has 5 heteroatoms. The Balaban J connectivity index is 2.86. The highest BCUT2D eigenvalue weighted by atomic mass is 16.3. The molecule has 1 aromatic carbocycles. The topological polar surface area (TPSA) is 86.8 Å². The molecule has 0 fully saturated rings. The highest BCUT2D eigenvalue weighted by molar-refractivity contribution is 5.95. The van der Waals surface area contributed by atoms with Crippen molar-refractivity contribution in [2.45, 2.75) is 19.8 Å². The minimum Gasteiger partial charge on any atom is -0.508 e. The lowest BCUT2D eigenvalue weighted by molar-refractivity contribution is 0.0754. The van der Waals surface area contributed by atoms with Gasteiger partial charge in [0.1, 0.15) is 11.5 Å². The van der Waals surface area contributed by atoms with Crippen molar-refractivity contribution in [2.24, 2.45) is 5.73 Å². The minimum atomic E-state index is -0.198. The van der Waals surface area contributed by atoms with Gasteiger partial charge in [-0.2, -0.15) is 0 Å². The second kappa shape index (κ2) is 6.86. The van der Waals surface area contributed by atoms with Gasteiger partial charge in [-0.25, -0.2) is 0 Å². The Morgan fingerprint density at radius 2 is 1.83 bits per heavy atom. The number of nitrogens with zero attached hydrogens (tertiary/aromatic N) is 1. The summed E-state index contributed by atoms with van der Waals surface area (Å²) in [4.78, 5) is 13.9. The third kappa shape index (κ3) is 3.92. The van der Waals surface area contributed by atoms with Crippen LogP contribution in [0.2, 0.25) is 0 Å². The number of phenolic OH excluding ortho intramolecular Hbond substituents is 2. The Labute approximate surface area is 107 Å². The Kier molecular flexibility index (Phi) is 5.45. The number of rotatable bonds is 6. The fraction of sp³-hybridized carbons (Fsp3) is 0.462. The van der Waals surface area contributed by atoms with E-state index in [0.717, 1.165) is 12.8 Å². The highest BCUT2D eigenvalue weighted by Gasteiger charge is 2.15. The standard InChI is InChI=1S/C13H20N2O3/c1-2-5-15(6-3-4-14)13(18)10-7-11(16)9-12(17)8-10/h7-9,16-17H,2-6,14H2,1H3. The second-order valence-corrected chi connectivity index (χ2v) is 4.17. The molecule has 0 aliphatic rings. The molecule has 5 nitrogen and oxygen atoms in total. The predicted octanol–water partition coefficient (Wildman–Crippen LogP) is 1.30. The average Bonchev–Trinajstić information content (AvgIpc) is 2.32. The molecule has 0 aromatic heterocycles. The molecule has 0 unspecified atom stereocenters. The lowest BCUT2D eigenvalue weighted by Gasteiger charge is -2.22. The fourth-order valence-corrected chi connectivity index (χ4v) is 1.77. The molecular formula is C13H20N2O3. The van der Waals surface area contributed by atoms with Gasteiger partial charge in [0.25, 0.3) is 5.91 Å². The molecule has 18 heavy (non-hydrogen) atoms. The highest BCUT2D eigenvalue weighted by Crippen LogP contribution is 2.21. The Morgan fingerprint density at radius 3 is 2.33 bits per heavy atom. The first-order valence-electron chi connectivity index (χ1n) is 6.10. The lowest BCUT2D eigenvalue weighted by Crippen LogP contribution is -2.33. The van der Waals surface area contributed by atoms with E-state index in [1.54, 1.807) is 4.90 Å². The van der Waals surface area contributed by atoms with Crippen LogP contribution in [-0.4, -0.2) is 40.7 Å². The smallest absolute Gasteiger partial charge is 0.254 e. The van der Waals surface area contributed by atoms with E-state index in [2.05, 4.69) is 0 Å². The van der Waals surface area contributed by atoms with E-state index < -0.39 is 0 Å². The maximum Gasteiger partial charge on any atom is 0.254 e. The molecule has 0 spiro atoms. The van der Waals surface area contributed by atoms with Gasteiger partial charge in [0.05, 0.1) is 0 Å². The normalized spacial score (nSPS) is 10.3. The van der Waals surface area contributed by atoms with Crippen LogP contribution in [0.4, 0.5) is 0 Å². The summed E-state index contributed by atoms with van der Waals surface area (Å²) in [5, 5.41) is 18.8. The largest absolute Gasteiger partial charge is 0.508 e. The summed E-state index contributed by atoms with van der Waals surface area (Å²) in [5.74, 6) is -0.432. The van der Waals surface area contributed by atoms with Crippen LogP contribution in [0.15, 0.2) is 18.2 Å². The van der Waals surface area contributed by atoms with E-state index >= 15 is 0 Å². The zero-order valence-electron chi connectivity index (χ0n) is 10.6. The van der Waals surface area contributed by atoms with Gasteiger partial charge in [0.2, 0.25) is 0 Å². The van der Waals surface area contributed by atoms with Crippen LogP contribution in [0.1, 0.15) is 30.1 Å². The summed E-state index contributed by atoms with van der Waals surface area (Å²) < 4.78 is 0. The van der Waals surface area contributed by atoms with Crippen molar-refractivity contribution in [3.63, 3.8) is 0 Å². The van der Waals surface area contributed by atoms with Crippen molar-refractivity contribution >= 4 is 5.91 Å². The molecule has 0 aliphatic heterocycles. The third-order valence-corrected chi connectivity index (χ3v) is 2.56. The number of phenols is 2. The summed E-state index contributed by atoms with van der Waals surface area (Å²) in [6.07, 6.45) is 1.58. The molecule has 0 saturated heterocycles. The lowest BCUT2D eigenvalue weighted by atomic mass is 10.1. The summed E-state index contributed by atoms with van der Waals surface area (Å²) in [6, 6.07) is 3.90. The summed E-state index contributed by atoms with van der Waals surface area (Å²) in [7, 11) is 0. The van der Waals surface area contributed by atoms with E-state index in [0.29, 0.717) is 19.6 Å². The molecule has 100 valence electrons. The van der Waals surface area contributed by atoms with Crippen LogP contribution in [-0.2, 0) is 0 Å². The van der Waals surface area contributed by atoms with Crippen LogP contribution >= 0.6 is 0 Å². The number of hydrogen-bond donors (Lipinski definition) is 3. The van der Waals surface area contributed by atoms with Gasteiger partial charge in [-0.15, -0.1) is 0 Å². The van der Waals surface area contributed by atoms with Crippen LogP contribution in [0, 0.1) is 0 Å². The van der Waals surface area contributed by atoms with Gasteiger partial charge in [-0.05, 0) is 31.5 Å². The van der Waals surface area contributed by atoms with Crippen molar-refractivity contribution in [3.8, 4) is 11.5 Å². The number of carbonyl (C=O) groups excluding carboxylic acids is 1. The zero-order valence-corrected chi connectivity index (χ0v) is 10.6. The summed E-state index contributed by atoms with van der Waals surface area (Å²) >= 11 is 0. The molecule has 0 heterocycles. The summed E-state index contributed by atoms with van der Waals surface area (Å²) in [5.41, 5.74) is 5.73. The molecular weight excluding hydrogens is 232 g/mol. The number of amides is 1. The predicted molar refractivity (Wildman–Crippen MR) is 69.6 cm³/mol. The van der Waals surface area contributed by atoms with Crippen LogP contribution in [0.3, 0.4) is 0 Å². The molecule has 4 N–H and O–H groups in total. The number of hydrogen-bond acceptors (Lipinski definition) is 4. The van der Waals surface area contributed by atoms with Crippen molar-refractivity contribution < 1.29 is 15.0 Å². The van der Waals surface area contributed by atoms with Crippen molar-refractivity contribution in [1.82, 2.24) is 4.90 Å². The van der Waals surface area contributed by atoms with Gasteiger partial charge >= 0.3 is 0 Å². The Morgan fingerprint density at radius 1 is 1.22 bits per heavy atom. The molecule has 0 aliphatic carbocycles. The third-order valence-electron chi connectivity index (χ3n) is 2.56. The van der Waals surface area contributed by atoms with Gasteiger partial charge in [0, 0.05) is 24.7 Å². The summed E-state index contributed by atoms with van der Waals surface area (Å²) in [6.45, 7) is 3.73. The van der Waals surface area contributed by atoms with Crippen LogP contribution < -0.4 is 5.73 Å². The number of nitrogens with two attached hydrogens (primary N) is 1. The molecule has 1 aromatic rings. The second-order valence-electron chi connectivity index (χ2n) is 4.17. The first-order chi connectivity index (χ1) is 8.58. The van der Waals surface area contributed by atoms with Gasteiger partial charge < -0.3 is 20.8 Å². The number of aromatic hydroxyl groups is 2. The van der Waals surface area contributed by atoms with E-state index in [-0.39, 0.29) is 23.0 Å². The first kappa shape index (κ1) is 14.3. The maximum absolute atomic E-state index is 12.2. The molecule has 1 amide bonds. The van der Waals surface area contributed by atoms with Crippen molar-refractivity contribution in [3.05, 3.63) is 23.8 Å². The Hall–Kier alpha value is -1.75. The monoisotopic (exact) mass is 252 g/mol. The van der Waals surface area contributed by atoms with E-state index in [1.165, 1.54) is 18.2 Å². The van der Waals surface area contributed by atoms with Crippen LogP contribution in [0.5, 0.6) is 11.5 Å². The van der Waals surface area contributed by atoms with E-state index in [4.69, 9.17) is 5.73 Å². The van der Waals surface area contributed by atoms with E-state index in [9.17, 15) is 15.0 Å². The first-order valence-corrected chi connectivity index (χ1v) is 6.10. The molecule has 0 bridgehead atoms. The average molecular weight is 252 g/mol. The maximum atomic E-state index is 12.2. The van der Waals surface area contributed by atoms with Crippen LogP contribution in [0.25, 0.3) is 0 Å². The number of carbonyl (C=O) groups is 1. The van der Waals surface area contributed by atoms with Gasteiger partial charge in [-0.3, -0.25) is 4.79 Å². The van der Waals surface area contributed by atoms with Crippen molar-refractivity contribution in [2.75, 3.05) is 19.6 Å². The molecule has 0 atom stereocenters. The quantitative estimate of drug-likeness (QED) is 0.712. The molecule has 0 radical (unpaired) electrons. The Bertz CT molecular complexity index is 387. The zero-order chi connectivity index (χ0) is 13.5. The number of benzene rings is 1. The van der Waals surface area contributed by atoms with E-state index in [1.807, 2.05) is 6.92 Å².